The van der Waals surface area contributed by atoms with Crippen molar-refractivity contribution >= 4 is 34.0 Å². The Balaban J connectivity index is 1.29. The van der Waals surface area contributed by atoms with E-state index in [0.717, 1.165) is 12.1 Å². The average Bonchev–Trinajstić information content (AvgIpc) is 3.51. The fourth-order valence-electron chi connectivity index (χ4n) is 6.76. The molecule has 3 heterocycles. The van der Waals surface area contributed by atoms with Gasteiger partial charge in [0.25, 0.3) is 5.69 Å². The molecule has 0 aromatic heterocycles. The van der Waals surface area contributed by atoms with Crippen molar-refractivity contribution in [1.29, 1.82) is 5.26 Å². The van der Waals surface area contributed by atoms with Gasteiger partial charge in [-0.3, -0.25) is 19.7 Å². The summed E-state index contributed by atoms with van der Waals surface area (Å²) < 4.78 is 52.1. The molecule has 4 unspecified atom stereocenters. The third-order valence-corrected chi connectivity index (χ3v) is 8.54. The largest absolute Gasteiger partial charge is 0.493 e. The lowest BCUT2D eigenvalue weighted by Gasteiger charge is -2.31. The van der Waals surface area contributed by atoms with E-state index in [1.165, 1.54) is 4.90 Å². The lowest BCUT2D eigenvalue weighted by molar-refractivity contribution is -0.388. The van der Waals surface area contributed by atoms with Gasteiger partial charge in [-0.2, -0.15) is 18.4 Å². The first kappa shape index (κ1) is 26.7. The highest BCUT2D eigenvalue weighted by atomic mass is 19.4. The molecule has 0 N–H and O–H groups in total. The minimum absolute atomic E-state index is 0.114. The van der Waals surface area contributed by atoms with Crippen LogP contribution < -0.4 is 9.64 Å². The van der Waals surface area contributed by atoms with Crippen LogP contribution in [0.3, 0.4) is 0 Å². The van der Waals surface area contributed by atoms with Crippen LogP contribution in [0.2, 0.25) is 0 Å². The van der Waals surface area contributed by atoms with Crippen LogP contribution in [-0.2, 0) is 20.5 Å². The van der Waals surface area contributed by atoms with E-state index in [4.69, 9.17) is 9.47 Å². The molecule has 4 atom stereocenters. The zero-order chi connectivity index (χ0) is 29.3. The lowest BCUT2D eigenvalue weighted by Crippen LogP contribution is -2.43. The quantitative estimate of drug-likeness (QED) is 0.219. The van der Waals surface area contributed by atoms with Crippen molar-refractivity contribution in [1.82, 2.24) is 0 Å². The Hall–Kier alpha value is -4.50. The van der Waals surface area contributed by atoms with Gasteiger partial charge in [0.15, 0.2) is 0 Å². The number of hydrogen-bond donors (Lipinski definition) is 0. The van der Waals surface area contributed by atoms with Crippen LogP contribution in [0.25, 0.3) is 10.8 Å². The summed E-state index contributed by atoms with van der Waals surface area (Å²) >= 11 is 0. The molecule has 3 aromatic rings. The maximum atomic E-state index is 14.0. The summed E-state index contributed by atoms with van der Waals surface area (Å²) in [5, 5.41) is 21.8. The molecule has 3 fully saturated rings. The van der Waals surface area contributed by atoms with Crippen LogP contribution in [0.1, 0.15) is 37.3 Å². The van der Waals surface area contributed by atoms with Crippen LogP contribution >= 0.6 is 0 Å². The SMILES string of the molecule is CC12CCC(CCOc3ccc([N+](=O)[O-])c(C(F)(F)F)c3)(O1)C1C(=O)N(c3ccc(C#N)c4ccccc34)C(=O)C12. The third-order valence-electron chi connectivity index (χ3n) is 8.54. The molecule has 3 aliphatic heterocycles. The van der Waals surface area contributed by atoms with Gasteiger partial charge in [0, 0.05) is 23.3 Å². The number of ether oxygens (including phenoxy) is 2. The van der Waals surface area contributed by atoms with E-state index in [2.05, 4.69) is 6.07 Å². The highest BCUT2D eigenvalue weighted by molar-refractivity contribution is 6.26. The molecule has 0 saturated carbocycles. The number of carbonyl (C=O) groups excluding carboxylic acids is 2. The summed E-state index contributed by atoms with van der Waals surface area (Å²) in [5.41, 5.74) is -3.70. The van der Waals surface area contributed by atoms with Crippen molar-refractivity contribution in [2.24, 2.45) is 11.8 Å². The zero-order valence-electron chi connectivity index (χ0n) is 21.6. The molecule has 3 aliphatic rings. The van der Waals surface area contributed by atoms with Crippen LogP contribution in [0.15, 0.2) is 54.6 Å². The Labute approximate surface area is 231 Å². The molecule has 0 spiro atoms. The Kier molecular flexibility index (Phi) is 5.87. The van der Waals surface area contributed by atoms with Crippen molar-refractivity contribution in [3.05, 3.63) is 75.8 Å². The number of nitro benzene ring substituents is 1. The Morgan fingerprint density at radius 1 is 1.10 bits per heavy atom. The molecule has 6 rings (SSSR count). The second-order valence-corrected chi connectivity index (χ2v) is 10.8. The number of halogens is 3. The number of anilines is 1. The van der Waals surface area contributed by atoms with E-state index < -0.39 is 57.2 Å². The van der Waals surface area contributed by atoms with Crippen LogP contribution in [-0.4, -0.2) is 34.5 Å². The van der Waals surface area contributed by atoms with Crippen LogP contribution in [0.4, 0.5) is 24.5 Å². The maximum Gasteiger partial charge on any atom is 0.423 e. The van der Waals surface area contributed by atoms with E-state index in [1.807, 2.05) is 0 Å². The fraction of sp³-hybridized carbons (Fsp3) is 0.345. The number of imide groups is 1. The fourth-order valence-corrected chi connectivity index (χ4v) is 6.76. The number of amides is 2. The van der Waals surface area contributed by atoms with Gasteiger partial charge in [-0.15, -0.1) is 0 Å². The van der Waals surface area contributed by atoms with Crippen molar-refractivity contribution < 1.29 is 37.2 Å². The summed E-state index contributed by atoms with van der Waals surface area (Å²) in [5.74, 6) is -2.63. The molecule has 3 saturated heterocycles. The first-order valence-corrected chi connectivity index (χ1v) is 12.9. The van der Waals surface area contributed by atoms with Gasteiger partial charge in [0.05, 0.1) is 51.9 Å². The monoisotopic (exact) mass is 565 g/mol. The number of nitro groups is 1. The molecule has 41 heavy (non-hydrogen) atoms. The Bertz CT molecular complexity index is 1680. The van der Waals surface area contributed by atoms with E-state index in [1.54, 1.807) is 43.3 Å². The lowest BCUT2D eigenvalue weighted by atomic mass is 9.67. The third kappa shape index (κ3) is 3.94. The van der Waals surface area contributed by atoms with E-state index >= 15 is 0 Å². The van der Waals surface area contributed by atoms with E-state index in [9.17, 15) is 38.1 Å². The standard InChI is InChI=1S/C29H22F3N3O6/c1-27-10-11-28(41-27,12-13-40-17-7-9-22(35(38)39)20(14-17)29(30,31)32)24-23(27)25(36)34(26(24)37)21-8-6-16(15-33)18-4-2-3-5-19(18)21/h2-9,14,23-24H,10-13H2,1H3. The van der Waals surface area contributed by atoms with Gasteiger partial charge in [-0.25, -0.2) is 4.90 Å². The van der Waals surface area contributed by atoms with Crippen molar-refractivity contribution in [2.75, 3.05) is 11.5 Å². The molecule has 0 radical (unpaired) electrons. The van der Waals surface area contributed by atoms with Crippen LogP contribution in [0.5, 0.6) is 5.75 Å². The molecule has 0 aliphatic carbocycles. The summed E-state index contributed by atoms with van der Waals surface area (Å²) in [6, 6.07) is 14.7. The highest BCUT2D eigenvalue weighted by Crippen LogP contribution is 2.62. The molecule has 2 amide bonds. The molecule has 12 heteroatoms. The second kappa shape index (κ2) is 9.01. The van der Waals surface area contributed by atoms with Crippen molar-refractivity contribution in [2.45, 2.75) is 43.6 Å². The van der Waals surface area contributed by atoms with Crippen molar-refractivity contribution in [3.63, 3.8) is 0 Å². The Morgan fingerprint density at radius 2 is 1.80 bits per heavy atom. The number of rotatable bonds is 6. The van der Waals surface area contributed by atoms with E-state index in [0.29, 0.717) is 40.9 Å². The molecule has 9 nitrogen and oxygen atoms in total. The number of carbonyl (C=O) groups is 2. The number of benzene rings is 3. The summed E-state index contributed by atoms with van der Waals surface area (Å²) in [6.07, 6.45) is -3.89. The smallest absolute Gasteiger partial charge is 0.423 e. The van der Waals surface area contributed by atoms with Crippen LogP contribution in [0, 0.1) is 33.3 Å². The summed E-state index contributed by atoms with van der Waals surface area (Å²) in [6.45, 7) is 1.65. The minimum Gasteiger partial charge on any atom is -0.493 e. The molecule has 3 aromatic carbocycles. The predicted octanol–water partition coefficient (Wildman–Crippen LogP) is 5.53. The van der Waals surface area contributed by atoms with E-state index in [-0.39, 0.29) is 18.8 Å². The van der Waals surface area contributed by atoms with Gasteiger partial charge in [0.1, 0.15) is 11.3 Å². The minimum atomic E-state index is -4.95. The predicted molar refractivity (Wildman–Crippen MR) is 138 cm³/mol. The first-order valence-electron chi connectivity index (χ1n) is 12.9. The molecule has 2 bridgehead atoms. The zero-order valence-corrected chi connectivity index (χ0v) is 21.6. The van der Waals surface area contributed by atoms with Gasteiger partial charge < -0.3 is 9.47 Å². The Morgan fingerprint density at radius 3 is 2.49 bits per heavy atom. The first-order chi connectivity index (χ1) is 19.4. The summed E-state index contributed by atoms with van der Waals surface area (Å²) in [4.78, 5) is 38.9. The number of nitrogens with zero attached hydrogens (tertiary/aromatic N) is 3. The number of alkyl halides is 3. The normalized spacial score (nSPS) is 26.9. The van der Waals surface area contributed by atoms with Gasteiger partial charge in [-0.1, -0.05) is 24.3 Å². The van der Waals surface area contributed by atoms with Gasteiger partial charge >= 0.3 is 6.18 Å². The van der Waals surface area contributed by atoms with Gasteiger partial charge in [-0.05, 0) is 44.0 Å². The number of fused-ring (bicyclic) bond motifs is 6. The highest BCUT2D eigenvalue weighted by Gasteiger charge is 2.73. The molecular weight excluding hydrogens is 543 g/mol. The number of hydrogen-bond acceptors (Lipinski definition) is 7. The van der Waals surface area contributed by atoms with Gasteiger partial charge in [0.2, 0.25) is 11.8 Å². The number of nitriles is 1. The molecular formula is C29H22F3N3O6. The molecule has 210 valence electrons. The topological polar surface area (TPSA) is 123 Å². The average molecular weight is 566 g/mol. The van der Waals surface area contributed by atoms with Crippen molar-refractivity contribution in [3.8, 4) is 11.8 Å². The summed E-state index contributed by atoms with van der Waals surface area (Å²) in [7, 11) is 0. The maximum absolute atomic E-state index is 14.0. The second-order valence-electron chi connectivity index (χ2n) is 10.8.